The van der Waals surface area contributed by atoms with Gasteiger partial charge in [0.25, 0.3) is 0 Å². The van der Waals surface area contributed by atoms with Crippen LogP contribution in [0.2, 0.25) is 5.15 Å². The molecule has 1 fully saturated rings. The van der Waals surface area contributed by atoms with Crippen LogP contribution in [-0.4, -0.2) is 4.98 Å². The van der Waals surface area contributed by atoms with Crippen molar-refractivity contribution < 1.29 is 0 Å². The SMILES string of the molecule is C#CC1(c2cc(Br)cnc2Cl)CC1. The Labute approximate surface area is 90.6 Å². The molecule has 1 aliphatic carbocycles. The second-order valence-electron chi connectivity index (χ2n) is 3.22. The minimum absolute atomic E-state index is 0.131. The lowest BCUT2D eigenvalue weighted by Gasteiger charge is -2.09. The lowest BCUT2D eigenvalue weighted by molar-refractivity contribution is 0.916. The first-order chi connectivity index (χ1) is 6.18. The zero-order valence-corrected chi connectivity index (χ0v) is 9.19. The molecule has 0 spiro atoms. The van der Waals surface area contributed by atoms with Crippen molar-refractivity contribution in [3.05, 3.63) is 27.5 Å². The van der Waals surface area contributed by atoms with Gasteiger partial charge in [0, 0.05) is 16.2 Å². The van der Waals surface area contributed by atoms with Crippen molar-refractivity contribution in [2.24, 2.45) is 0 Å². The Morgan fingerprint density at radius 2 is 2.31 bits per heavy atom. The maximum Gasteiger partial charge on any atom is 0.133 e. The summed E-state index contributed by atoms with van der Waals surface area (Å²) in [6, 6.07) is 1.96. The molecule has 13 heavy (non-hydrogen) atoms. The molecule has 0 aromatic carbocycles. The molecule has 66 valence electrons. The highest BCUT2D eigenvalue weighted by Crippen LogP contribution is 2.49. The van der Waals surface area contributed by atoms with Crippen LogP contribution in [0.5, 0.6) is 0 Å². The van der Waals surface area contributed by atoms with Crippen LogP contribution in [0.3, 0.4) is 0 Å². The summed E-state index contributed by atoms with van der Waals surface area (Å²) >= 11 is 9.33. The van der Waals surface area contributed by atoms with E-state index in [0.717, 1.165) is 22.9 Å². The Bertz CT molecular complexity index is 390. The molecular weight excluding hydrogens is 249 g/mol. The summed E-state index contributed by atoms with van der Waals surface area (Å²) in [6.07, 6.45) is 9.18. The van der Waals surface area contributed by atoms with Gasteiger partial charge >= 0.3 is 0 Å². The van der Waals surface area contributed by atoms with Crippen molar-refractivity contribution in [2.75, 3.05) is 0 Å². The third-order valence-electron chi connectivity index (χ3n) is 2.35. The molecule has 1 aliphatic rings. The van der Waals surface area contributed by atoms with Crippen LogP contribution in [0.1, 0.15) is 18.4 Å². The number of hydrogen-bond donors (Lipinski definition) is 0. The smallest absolute Gasteiger partial charge is 0.133 e. The maximum atomic E-state index is 5.97. The molecule has 0 saturated heterocycles. The summed E-state index contributed by atoms with van der Waals surface area (Å²) in [6.45, 7) is 0. The molecule has 1 aromatic heterocycles. The molecule has 0 N–H and O–H groups in total. The molecule has 0 bridgehead atoms. The van der Waals surface area contributed by atoms with Gasteiger partial charge in [-0.15, -0.1) is 6.42 Å². The summed E-state index contributed by atoms with van der Waals surface area (Å²) in [5, 5.41) is 0.527. The van der Waals surface area contributed by atoms with E-state index >= 15 is 0 Å². The highest BCUT2D eigenvalue weighted by molar-refractivity contribution is 9.10. The van der Waals surface area contributed by atoms with Crippen molar-refractivity contribution in [1.82, 2.24) is 4.98 Å². The minimum atomic E-state index is -0.131. The molecule has 2 rings (SSSR count). The molecule has 1 saturated carbocycles. The second kappa shape index (κ2) is 3.01. The van der Waals surface area contributed by atoms with Crippen LogP contribution < -0.4 is 0 Å². The molecule has 1 aromatic rings. The lowest BCUT2D eigenvalue weighted by atomic mass is 9.99. The van der Waals surface area contributed by atoms with Crippen molar-refractivity contribution in [1.29, 1.82) is 0 Å². The molecule has 1 heterocycles. The number of pyridine rings is 1. The van der Waals surface area contributed by atoms with Crippen molar-refractivity contribution in [3.63, 3.8) is 0 Å². The first-order valence-corrected chi connectivity index (χ1v) is 5.14. The fourth-order valence-corrected chi connectivity index (χ4v) is 1.99. The quantitative estimate of drug-likeness (QED) is 0.555. The van der Waals surface area contributed by atoms with Gasteiger partial charge in [0.1, 0.15) is 5.15 Å². The van der Waals surface area contributed by atoms with Gasteiger partial charge in [0.05, 0.1) is 5.41 Å². The molecule has 0 atom stereocenters. The van der Waals surface area contributed by atoms with E-state index in [1.54, 1.807) is 6.20 Å². The summed E-state index contributed by atoms with van der Waals surface area (Å²) in [7, 11) is 0. The van der Waals surface area contributed by atoms with Gasteiger partial charge in [-0.2, -0.15) is 0 Å². The monoisotopic (exact) mass is 255 g/mol. The fourth-order valence-electron chi connectivity index (χ4n) is 1.37. The van der Waals surface area contributed by atoms with Crippen LogP contribution in [0.15, 0.2) is 16.7 Å². The van der Waals surface area contributed by atoms with Gasteiger partial charge in [-0.3, -0.25) is 0 Å². The second-order valence-corrected chi connectivity index (χ2v) is 4.49. The average molecular weight is 257 g/mol. The zero-order valence-electron chi connectivity index (χ0n) is 6.85. The van der Waals surface area contributed by atoms with Crippen LogP contribution in [0.25, 0.3) is 0 Å². The predicted molar refractivity (Wildman–Crippen MR) is 56.7 cm³/mol. The molecule has 0 radical (unpaired) electrons. The van der Waals surface area contributed by atoms with E-state index in [0.29, 0.717) is 5.15 Å². The number of hydrogen-bond acceptors (Lipinski definition) is 1. The Morgan fingerprint density at radius 3 is 2.85 bits per heavy atom. The molecule has 0 unspecified atom stereocenters. The van der Waals surface area contributed by atoms with Crippen molar-refractivity contribution in [3.8, 4) is 12.3 Å². The number of halogens is 2. The fraction of sp³-hybridized carbons (Fsp3) is 0.300. The zero-order chi connectivity index (χ0) is 9.47. The molecular formula is C10H7BrClN. The highest BCUT2D eigenvalue weighted by Gasteiger charge is 2.44. The first kappa shape index (κ1) is 9.05. The Hall–Kier alpha value is -0.520. The largest absolute Gasteiger partial charge is 0.243 e. The van der Waals surface area contributed by atoms with Crippen LogP contribution in [0.4, 0.5) is 0 Å². The Kier molecular flexibility index (Phi) is 2.09. The maximum absolute atomic E-state index is 5.97. The van der Waals surface area contributed by atoms with Crippen molar-refractivity contribution in [2.45, 2.75) is 18.3 Å². The third kappa shape index (κ3) is 1.47. The summed E-state index contributed by atoms with van der Waals surface area (Å²) < 4.78 is 0.924. The minimum Gasteiger partial charge on any atom is -0.243 e. The van der Waals surface area contributed by atoms with Crippen LogP contribution in [0, 0.1) is 12.3 Å². The van der Waals surface area contributed by atoms with Crippen LogP contribution in [-0.2, 0) is 5.41 Å². The topological polar surface area (TPSA) is 12.9 Å². The standard InChI is InChI=1S/C10H7BrClN/c1-2-10(3-4-10)8-5-7(11)6-13-9(8)12/h1,5-6H,3-4H2. The number of aromatic nitrogens is 1. The molecule has 1 nitrogen and oxygen atoms in total. The number of rotatable bonds is 1. The van der Waals surface area contributed by atoms with E-state index in [1.807, 2.05) is 6.07 Å². The van der Waals surface area contributed by atoms with Gasteiger partial charge in [0.2, 0.25) is 0 Å². The average Bonchev–Trinajstić information content (AvgIpc) is 2.90. The van der Waals surface area contributed by atoms with Crippen LogP contribution >= 0.6 is 27.5 Å². The lowest BCUT2D eigenvalue weighted by Crippen LogP contribution is -2.04. The Morgan fingerprint density at radius 1 is 1.62 bits per heavy atom. The number of terminal acetylenes is 1. The third-order valence-corrected chi connectivity index (χ3v) is 3.08. The van der Waals surface area contributed by atoms with Gasteiger partial charge in [-0.25, -0.2) is 4.98 Å². The van der Waals surface area contributed by atoms with Gasteiger partial charge in [-0.1, -0.05) is 17.5 Å². The van der Waals surface area contributed by atoms with Gasteiger partial charge in [-0.05, 0) is 34.8 Å². The number of nitrogens with zero attached hydrogens (tertiary/aromatic N) is 1. The summed E-state index contributed by atoms with van der Waals surface area (Å²) in [5.74, 6) is 2.79. The van der Waals surface area contributed by atoms with Crippen molar-refractivity contribution >= 4 is 27.5 Å². The van der Waals surface area contributed by atoms with E-state index in [4.69, 9.17) is 18.0 Å². The normalized spacial score (nSPS) is 17.9. The van der Waals surface area contributed by atoms with E-state index in [2.05, 4.69) is 26.8 Å². The summed E-state index contributed by atoms with van der Waals surface area (Å²) in [4.78, 5) is 4.06. The van der Waals surface area contributed by atoms with E-state index in [9.17, 15) is 0 Å². The van der Waals surface area contributed by atoms with E-state index in [1.165, 1.54) is 0 Å². The Balaban J connectivity index is 2.52. The predicted octanol–water partition coefficient (Wildman–Crippen LogP) is 3.16. The van der Waals surface area contributed by atoms with Gasteiger partial charge < -0.3 is 0 Å². The first-order valence-electron chi connectivity index (χ1n) is 3.97. The summed E-state index contributed by atoms with van der Waals surface area (Å²) in [5.41, 5.74) is 0.847. The molecule has 0 aliphatic heterocycles. The van der Waals surface area contributed by atoms with E-state index in [-0.39, 0.29) is 5.41 Å². The van der Waals surface area contributed by atoms with E-state index < -0.39 is 0 Å². The van der Waals surface area contributed by atoms with Gasteiger partial charge in [0.15, 0.2) is 0 Å². The molecule has 3 heteroatoms. The molecule has 0 amide bonds. The highest BCUT2D eigenvalue weighted by atomic mass is 79.9.